The van der Waals surface area contributed by atoms with Crippen molar-refractivity contribution in [3.05, 3.63) is 62.0 Å². The number of benzene rings is 2. The molecule has 27 heavy (non-hydrogen) atoms. The molecule has 148 valence electrons. The number of hydrogen-bond donors (Lipinski definition) is 1. The first-order valence-electron chi connectivity index (χ1n) is 7.50. The second kappa shape index (κ2) is 17.8. The minimum absolute atomic E-state index is 0. The molecule has 8 heteroatoms. The number of hydrogen-bond acceptors (Lipinski definition) is 3. The van der Waals surface area contributed by atoms with Gasteiger partial charge in [-0.25, -0.2) is 0 Å². The van der Waals surface area contributed by atoms with Gasteiger partial charge in [-0.3, -0.25) is 0 Å². The van der Waals surface area contributed by atoms with Gasteiger partial charge in [0.25, 0.3) is 0 Å². The Morgan fingerprint density at radius 3 is 1.59 bits per heavy atom. The zero-order valence-electron chi connectivity index (χ0n) is 16.2. The standard InChI is InChI=1S/C13H9.C5H14O2Si.CH3.2ClH.O.Si.Ti/c1-3-7-12-10(5-1)9-11-6-2-4-8-13(11)12;1-8(2,3)7-5-4-6;;;;;;/h1-9H;6H,4-5H2,1-3H3;1H3;2*1H;;;/q-1;;-1;;;;;+2. The quantitative estimate of drug-likeness (QED) is 0.408. The molecule has 0 aliphatic carbocycles. The number of rotatable bonds is 3. The molecule has 3 aromatic carbocycles. The van der Waals surface area contributed by atoms with Crippen molar-refractivity contribution in [3.63, 3.8) is 0 Å². The summed E-state index contributed by atoms with van der Waals surface area (Å²) in [5.74, 6) is 0. The maximum absolute atomic E-state index is 8.33. The van der Waals surface area contributed by atoms with Crippen molar-refractivity contribution in [2.45, 2.75) is 19.6 Å². The van der Waals surface area contributed by atoms with Crippen LogP contribution in [-0.4, -0.2) is 37.6 Å². The second-order valence-electron chi connectivity index (χ2n) is 6.00. The fraction of sp³-hybridized carbons (Fsp3) is 0.263. The van der Waals surface area contributed by atoms with Crippen LogP contribution in [0.25, 0.3) is 21.5 Å². The van der Waals surface area contributed by atoms with Crippen molar-refractivity contribution in [1.29, 1.82) is 0 Å². The van der Waals surface area contributed by atoms with E-state index in [1.807, 2.05) is 0 Å². The molecule has 0 aliphatic rings. The molecule has 0 aromatic heterocycles. The summed E-state index contributed by atoms with van der Waals surface area (Å²) in [6.45, 7) is 6.94. The summed E-state index contributed by atoms with van der Waals surface area (Å²) >= 11 is 0.750. The van der Waals surface area contributed by atoms with Crippen LogP contribution in [0.15, 0.2) is 54.6 Å². The zero-order valence-corrected chi connectivity index (χ0v) is 21.4. The van der Waals surface area contributed by atoms with Gasteiger partial charge in [-0.2, -0.15) is 0 Å². The predicted octanol–water partition coefficient (Wildman–Crippen LogP) is 5.33. The number of aliphatic hydroxyl groups excluding tert-OH is 1. The van der Waals surface area contributed by atoms with E-state index >= 15 is 0 Å². The molecule has 0 fully saturated rings. The topological polar surface area (TPSA) is 46.5 Å². The summed E-state index contributed by atoms with van der Waals surface area (Å²) in [7, 11) is -1.34. The first kappa shape index (κ1) is 34.3. The van der Waals surface area contributed by atoms with Crippen molar-refractivity contribution in [1.82, 2.24) is 0 Å². The third-order valence-electron chi connectivity index (χ3n) is 3.15. The minimum Gasteiger partial charge on any atom is -0.126 e. The van der Waals surface area contributed by atoms with Crippen LogP contribution in [0.4, 0.5) is 0 Å². The van der Waals surface area contributed by atoms with Crippen molar-refractivity contribution in [2.75, 3.05) is 13.2 Å². The average molecular weight is 479 g/mol. The SMILES string of the molecule is C[Si](C)(C)OCCO.Cl.Cl.[CH3-].[O]=[Ti+2].[Si].c1ccc2c(c1)[cH-]c1ccccc12. The van der Waals surface area contributed by atoms with E-state index in [0.717, 1.165) is 20.4 Å². The predicted molar refractivity (Wildman–Crippen MR) is 121 cm³/mol. The van der Waals surface area contributed by atoms with E-state index in [-0.39, 0.29) is 49.8 Å². The van der Waals surface area contributed by atoms with Crippen molar-refractivity contribution in [3.8, 4) is 0 Å². The summed E-state index contributed by atoms with van der Waals surface area (Å²) in [5.41, 5.74) is 0. The molecule has 0 spiro atoms. The van der Waals surface area contributed by atoms with Gasteiger partial charge in [0.05, 0.1) is 13.2 Å². The minimum atomic E-state index is -1.34. The molecule has 0 atom stereocenters. The van der Waals surface area contributed by atoms with Crippen LogP contribution < -0.4 is 0 Å². The third kappa shape index (κ3) is 12.0. The monoisotopic (exact) mass is 478 g/mol. The van der Waals surface area contributed by atoms with E-state index in [9.17, 15) is 0 Å². The zero-order chi connectivity index (χ0) is 17.3. The first-order valence-corrected chi connectivity index (χ1v) is 11.5. The Hall–Kier alpha value is -0.242. The molecule has 0 unspecified atom stereocenters. The van der Waals surface area contributed by atoms with E-state index in [1.165, 1.54) is 21.5 Å². The number of aliphatic hydroxyl groups is 1. The van der Waals surface area contributed by atoms with Gasteiger partial charge in [-0.05, 0) is 19.6 Å². The van der Waals surface area contributed by atoms with Gasteiger partial charge in [-0.15, -0.1) is 64.6 Å². The Morgan fingerprint density at radius 2 is 1.30 bits per heavy atom. The molecule has 3 rings (SSSR count). The smallest absolute Gasteiger partial charge is 0 e. The molecule has 3 aromatic rings. The Labute approximate surface area is 192 Å². The Morgan fingerprint density at radius 1 is 0.926 bits per heavy atom. The van der Waals surface area contributed by atoms with Crippen molar-refractivity contribution >= 4 is 65.6 Å². The van der Waals surface area contributed by atoms with Crippen molar-refractivity contribution < 1.29 is 33.3 Å². The van der Waals surface area contributed by atoms with Gasteiger partial charge >= 0.3 is 23.7 Å². The van der Waals surface area contributed by atoms with Crippen molar-refractivity contribution in [2.24, 2.45) is 0 Å². The Balaban J connectivity index is -0.000000170. The second-order valence-corrected chi connectivity index (χ2v) is 10.5. The third-order valence-corrected chi connectivity index (χ3v) is 4.22. The maximum atomic E-state index is 8.33. The molecule has 0 amide bonds. The summed E-state index contributed by atoms with van der Waals surface area (Å²) in [6, 6.07) is 19.3. The van der Waals surface area contributed by atoms with Crippen LogP contribution in [-0.2, 0) is 28.2 Å². The van der Waals surface area contributed by atoms with Gasteiger partial charge < -0.3 is 17.0 Å². The van der Waals surface area contributed by atoms with Gasteiger partial charge in [-0.1, -0.05) is 36.4 Å². The van der Waals surface area contributed by atoms with Crippen LogP contribution in [0.5, 0.6) is 0 Å². The molecule has 0 aliphatic heterocycles. The van der Waals surface area contributed by atoms with Crippen LogP contribution in [0.1, 0.15) is 0 Å². The fourth-order valence-corrected chi connectivity index (χ4v) is 2.96. The fourth-order valence-electron chi connectivity index (χ4n) is 2.26. The molecule has 1 N–H and O–H groups in total. The Bertz CT molecular complexity index is 683. The average Bonchev–Trinajstić information content (AvgIpc) is 2.93. The molecule has 0 saturated carbocycles. The molecule has 4 radical (unpaired) electrons. The van der Waals surface area contributed by atoms with Crippen LogP contribution in [0.2, 0.25) is 19.6 Å². The van der Waals surface area contributed by atoms with Gasteiger partial charge in [0.15, 0.2) is 8.32 Å². The number of fused-ring (bicyclic) bond motifs is 3. The maximum Gasteiger partial charge on any atom is 0 e. The van der Waals surface area contributed by atoms with E-state index in [1.54, 1.807) is 0 Å². The Kier molecular flexibility index (Phi) is 22.6. The summed E-state index contributed by atoms with van der Waals surface area (Å²) < 4.78 is 13.5. The summed E-state index contributed by atoms with van der Waals surface area (Å²) in [5, 5.41) is 13.7. The van der Waals surface area contributed by atoms with E-state index in [0.29, 0.717) is 6.61 Å². The summed E-state index contributed by atoms with van der Waals surface area (Å²) in [4.78, 5) is 0. The van der Waals surface area contributed by atoms with E-state index in [4.69, 9.17) is 12.9 Å². The van der Waals surface area contributed by atoms with Crippen LogP contribution in [0, 0.1) is 7.43 Å². The van der Waals surface area contributed by atoms with Gasteiger partial charge in [0.2, 0.25) is 0 Å². The largest absolute Gasteiger partial charge is 0.126 e. The van der Waals surface area contributed by atoms with Crippen LogP contribution in [0.3, 0.4) is 0 Å². The molecule has 0 heterocycles. The van der Waals surface area contributed by atoms with Gasteiger partial charge in [0, 0.05) is 11.0 Å². The molecule has 0 bridgehead atoms. The van der Waals surface area contributed by atoms with Gasteiger partial charge in [0.1, 0.15) is 0 Å². The molecule has 0 saturated heterocycles. The normalized spacial score (nSPS) is 9.11. The van der Waals surface area contributed by atoms with E-state index < -0.39 is 8.32 Å². The van der Waals surface area contributed by atoms with Crippen LogP contribution >= 0.6 is 24.8 Å². The molecular weight excluding hydrogens is 451 g/mol. The first-order chi connectivity index (χ1) is 11.0. The molecular formula is C19H28Cl2O3Si2Ti. The number of halogens is 2. The van der Waals surface area contributed by atoms with E-state index in [2.05, 4.69) is 74.2 Å². The summed E-state index contributed by atoms with van der Waals surface area (Å²) in [6.07, 6.45) is 0. The molecule has 3 nitrogen and oxygen atoms in total.